The summed E-state index contributed by atoms with van der Waals surface area (Å²) < 4.78 is 5.11. The van der Waals surface area contributed by atoms with Gasteiger partial charge in [0.05, 0.1) is 13.3 Å². The summed E-state index contributed by atoms with van der Waals surface area (Å²) in [7, 11) is 1.56. The van der Waals surface area contributed by atoms with Gasteiger partial charge in [0.15, 0.2) is 0 Å². The van der Waals surface area contributed by atoms with Crippen molar-refractivity contribution in [1.29, 1.82) is 0 Å². The molecule has 0 unspecified atom stereocenters. The van der Waals surface area contributed by atoms with E-state index < -0.39 is 17.5 Å². The number of methoxy groups -OCH3 is 1. The molecule has 0 aliphatic carbocycles. The number of urea groups is 1. The number of ether oxygens (including phenoxy) is 1. The lowest BCUT2D eigenvalue weighted by Crippen LogP contribution is -2.40. The largest absolute Gasteiger partial charge is 0.497 e. The number of hydrazone groups is 1. The van der Waals surface area contributed by atoms with Crippen LogP contribution in [0.3, 0.4) is 0 Å². The van der Waals surface area contributed by atoms with E-state index in [1.807, 2.05) is 0 Å². The zero-order valence-electron chi connectivity index (χ0n) is 13.3. The van der Waals surface area contributed by atoms with E-state index in [-0.39, 0.29) is 0 Å². The molecule has 1 fully saturated rings. The molecule has 0 radical (unpaired) electrons. The second-order valence-corrected chi connectivity index (χ2v) is 5.43. The molecule has 1 saturated heterocycles. The van der Waals surface area contributed by atoms with Crippen molar-refractivity contribution in [3.8, 4) is 5.75 Å². The molecular formula is C17H16N4O3. The number of imide groups is 1. The molecule has 0 spiro atoms. The maximum absolute atomic E-state index is 12.7. The smallest absolute Gasteiger partial charge is 0.346 e. The minimum absolute atomic E-state index is 0.442. The molecule has 2 heterocycles. The van der Waals surface area contributed by atoms with Crippen LogP contribution in [0.5, 0.6) is 5.75 Å². The molecule has 1 atom stereocenters. The molecule has 2 aromatic rings. The summed E-state index contributed by atoms with van der Waals surface area (Å²) >= 11 is 0. The van der Waals surface area contributed by atoms with Gasteiger partial charge in [-0.3, -0.25) is 9.78 Å². The number of hydrogen-bond acceptors (Lipinski definition) is 5. The monoisotopic (exact) mass is 324 g/mol. The number of benzene rings is 1. The Balaban J connectivity index is 1.86. The van der Waals surface area contributed by atoms with Gasteiger partial charge in [-0.05, 0) is 42.3 Å². The van der Waals surface area contributed by atoms with Crippen molar-refractivity contribution in [2.24, 2.45) is 5.10 Å². The quantitative estimate of drug-likeness (QED) is 0.687. The highest BCUT2D eigenvalue weighted by molar-refractivity contribution is 6.07. The zero-order valence-corrected chi connectivity index (χ0v) is 13.3. The molecule has 1 N–H and O–H groups in total. The summed E-state index contributed by atoms with van der Waals surface area (Å²) in [6.45, 7) is 1.65. The fourth-order valence-corrected chi connectivity index (χ4v) is 2.42. The van der Waals surface area contributed by atoms with Crippen molar-refractivity contribution < 1.29 is 14.3 Å². The molecule has 7 nitrogen and oxygen atoms in total. The molecule has 122 valence electrons. The maximum atomic E-state index is 12.7. The molecule has 1 aromatic heterocycles. The molecular weight excluding hydrogens is 308 g/mol. The number of hydrogen-bond donors (Lipinski definition) is 1. The first-order valence-corrected chi connectivity index (χ1v) is 7.30. The van der Waals surface area contributed by atoms with Crippen molar-refractivity contribution in [3.05, 3.63) is 59.9 Å². The van der Waals surface area contributed by atoms with Crippen molar-refractivity contribution >= 4 is 18.2 Å². The minimum atomic E-state index is -1.17. The first-order chi connectivity index (χ1) is 11.5. The van der Waals surface area contributed by atoms with Gasteiger partial charge >= 0.3 is 6.03 Å². The summed E-state index contributed by atoms with van der Waals surface area (Å²) in [5.41, 5.74) is 0.228. The van der Waals surface area contributed by atoms with Crippen LogP contribution in [0.1, 0.15) is 18.1 Å². The topological polar surface area (TPSA) is 83.9 Å². The van der Waals surface area contributed by atoms with Gasteiger partial charge in [-0.2, -0.15) is 5.10 Å². The number of carbonyl (C=O) groups is 2. The van der Waals surface area contributed by atoms with E-state index in [4.69, 9.17) is 4.74 Å². The number of nitrogens with zero attached hydrogens (tertiary/aromatic N) is 3. The van der Waals surface area contributed by atoms with Crippen LogP contribution in [0.2, 0.25) is 0 Å². The first-order valence-electron chi connectivity index (χ1n) is 7.30. The van der Waals surface area contributed by atoms with Crippen molar-refractivity contribution in [2.45, 2.75) is 12.5 Å². The van der Waals surface area contributed by atoms with E-state index in [1.165, 1.54) is 6.21 Å². The average molecular weight is 324 g/mol. The Morgan fingerprint density at radius 2 is 1.83 bits per heavy atom. The summed E-state index contributed by atoms with van der Waals surface area (Å²) in [6.07, 6.45) is 4.66. The number of rotatable bonds is 4. The molecule has 0 saturated carbocycles. The number of nitrogens with one attached hydrogen (secondary N) is 1. The Kier molecular flexibility index (Phi) is 3.99. The average Bonchev–Trinajstić information content (AvgIpc) is 2.84. The Morgan fingerprint density at radius 3 is 2.46 bits per heavy atom. The fourth-order valence-electron chi connectivity index (χ4n) is 2.42. The van der Waals surface area contributed by atoms with Crippen LogP contribution in [0.15, 0.2) is 53.9 Å². The Hall–Kier alpha value is -3.22. The molecule has 7 heteroatoms. The zero-order chi connectivity index (χ0) is 17.2. The van der Waals surface area contributed by atoms with Crippen LogP contribution in [0.4, 0.5) is 4.79 Å². The molecule has 0 bridgehead atoms. The van der Waals surface area contributed by atoms with Gasteiger partial charge in [-0.15, -0.1) is 5.01 Å². The third-order valence-electron chi connectivity index (χ3n) is 3.87. The lowest BCUT2D eigenvalue weighted by atomic mass is 9.92. The Bertz CT molecular complexity index is 789. The SMILES string of the molecule is COc1ccc([C@]2(C)NC(=O)N(/N=C\c3ccncc3)C2=O)cc1. The summed E-state index contributed by atoms with van der Waals surface area (Å²) in [6, 6.07) is 9.85. The highest BCUT2D eigenvalue weighted by Crippen LogP contribution is 2.30. The highest BCUT2D eigenvalue weighted by Gasteiger charge is 2.49. The second kappa shape index (κ2) is 6.11. The van der Waals surface area contributed by atoms with Gasteiger partial charge in [0.2, 0.25) is 0 Å². The van der Waals surface area contributed by atoms with Crippen LogP contribution >= 0.6 is 0 Å². The number of amides is 3. The molecule has 3 amide bonds. The number of carbonyl (C=O) groups excluding carboxylic acids is 2. The molecule has 1 aliphatic heterocycles. The van der Waals surface area contributed by atoms with Crippen molar-refractivity contribution in [1.82, 2.24) is 15.3 Å². The van der Waals surface area contributed by atoms with Crippen molar-refractivity contribution in [3.63, 3.8) is 0 Å². The highest BCUT2D eigenvalue weighted by atomic mass is 16.5. The third kappa shape index (κ3) is 2.71. The van der Waals surface area contributed by atoms with Gasteiger partial charge in [-0.1, -0.05) is 12.1 Å². The molecule has 24 heavy (non-hydrogen) atoms. The van der Waals surface area contributed by atoms with Crippen LogP contribution in [-0.2, 0) is 10.3 Å². The van der Waals surface area contributed by atoms with Crippen LogP contribution in [0.25, 0.3) is 0 Å². The van der Waals surface area contributed by atoms with Gasteiger partial charge in [-0.25, -0.2) is 4.79 Å². The maximum Gasteiger partial charge on any atom is 0.346 e. The fraction of sp³-hybridized carbons (Fsp3) is 0.176. The molecule has 3 rings (SSSR count). The Morgan fingerprint density at radius 1 is 1.17 bits per heavy atom. The Labute approximate surface area is 139 Å². The molecule has 1 aliphatic rings. The van der Waals surface area contributed by atoms with Gasteiger partial charge in [0, 0.05) is 12.4 Å². The van der Waals surface area contributed by atoms with E-state index in [0.29, 0.717) is 11.3 Å². The number of aromatic nitrogens is 1. The van der Waals surface area contributed by atoms with Gasteiger partial charge < -0.3 is 10.1 Å². The lowest BCUT2D eigenvalue weighted by Gasteiger charge is -2.21. The number of pyridine rings is 1. The normalized spacial score (nSPS) is 20.5. The predicted molar refractivity (Wildman–Crippen MR) is 87.6 cm³/mol. The summed E-state index contributed by atoms with van der Waals surface area (Å²) in [4.78, 5) is 28.8. The van der Waals surface area contributed by atoms with Crippen molar-refractivity contribution in [2.75, 3.05) is 7.11 Å². The van der Waals surface area contributed by atoms with Gasteiger partial charge in [0.1, 0.15) is 11.3 Å². The van der Waals surface area contributed by atoms with Crippen LogP contribution < -0.4 is 10.1 Å². The van der Waals surface area contributed by atoms with E-state index in [9.17, 15) is 9.59 Å². The van der Waals surface area contributed by atoms with Gasteiger partial charge in [0.25, 0.3) is 5.91 Å². The van der Waals surface area contributed by atoms with Crippen LogP contribution in [-0.4, -0.2) is 35.3 Å². The summed E-state index contributed by atoms with van der Waals surface area (Å²) in [5, 5.41) is 7.53. The van der Waals surface area contributed by atoms with E-state index in [1.54, 1.807) is 62.8 Å². The van der Waals surface area contributed by atoms with E-state index in [0.717, 1.165) is 10.6 Å². The summed E-state index contributed by atoms with van der Waals surface area (Å²) in [5.74, 6) is 0.231. The van der Waals surface area contributed by atoms with Crippen LogP contribution in [0, 0.1) is 0 Å². The van der Waals surface area contributed by atoms with E-state index >= 15 is 0 Å². The van der Waals surface area contributed by atoms with E-state index in [2.05, 4.69) is 15.4 Å². The molecule has 1 aromatic carbocycles. The minimum Gasteiger partial charge on any atom is -0.497 e. The first kappa shape index (κ1) is 15.7. The third-order valence-corrected chi connectivity index (χ3v) is 3.87. The lowest BCUT2D eigenvalue weighted by molar-refractivity contribution is -0.131. The predicted octanol–water partition coefficient (Wildman–Crippen LogP) is 1.89. The second-order valence-electron chi connectivity index (χ2n) is 5.43. The standard InChI is InChI=1S/C17H16N4O3/c1-17(13-3-5-14(24-2)6-4-13)15(22)21(16(23)20-17)19-11-12-7-9-18-10-8-12/h3-11H,1-2H3,(H,20,23)/b19-11-/t17-/m0/s1.